The third kappa shape index (κ3) is 5.66. The smallest absolute Gasteiger partial charge is 0.133 e. The van der Waals surface area contributed by atoms with Crippen molar-refractivity contribution in [3.05, 3.63) is 37.0 Å². The Labute approximate surface area is 91.2 Å². The van der Waals surface area contributed by atoms with Crippen LogP contribution in [-0.2, 0) is 0 Å². The zero-order chi connectivity index (χ0) is 10.8. The number of nitrogens with zero attached hydrogens (tertiary/aromatic N) is 1. The summed E-state index contributed by atoms with van der Waals surface area (Å²) >= 11 is 1.28. The standard InChI is InChI=1S/C12H17NS/c1-4-6-7-8-9-12(14-10-13)11(3)5-2/h4-6,12H,2-3,7-9H2,1H3/b6-4-. The van der Waals surface area contributed by atoms with E-state index in [1.807, 2.05) is 6.92 Å². The van der Waals surface area contributed by atoms with Crippen molar-refractivity contribution in [3.8, 4) is 5.40 Å². The van der Waals surface area contributed by atoms with E-state index in [9.17, 15) is 0 Å². The summed E-state index contributed by atoms with van der Waals surface area (Å²) in [5, 5.41) is 10.9. The van der Waals surface area contributed by atoms with E-state index < -0.39 is 0 Å². The number of thioether (sulfide) groups is 1. The molecule has 0 spiro atoms. The van der Waals surface area contributed by atoms with Gasteiger partial charge in [0.1, 0.15) is 5.40 Å². The number of nitriles is 1. The zero-order valence-electron chi connectivity index (χ0n) is 8.70. The van der Waals surface area contributed by atoms with Crippen LogP contribution in [0.1, 0.15) is 26.2 Å². The average Bonchev–Trinajstić information content (AvgIpc) is 2.21. The fourth-order valence-corrected chi connectivity index (χ4v) is 1.76. The zero-order valence-corrected chi connectivity index (χ0v) is 9.52. The second-order valence-electron chi connectivity index (χ2n) is 2.98. The first-order valence-electron chi connectivity index (χ1n) is 4.73. The Bertz CT molecular complexity index is 248. The van der Waals surface area contributed by atoms with E-state index in [1.165, 1.54) is 11.8 Å². The molecule has 0 aromatic rings. The maximum atomic E-state index is 8.61. The van der Waals surface area contributed by atoms with E-state index in [4.69, 9.17) is 5.26 Å². The molecule has 0 heterocycles. The highest BCUT2D eigenvalue weighted by atomic mass is 32.2. The molecule has 0 radical (unpaired) electrons. The van der Waals surface area contributed by atoms with Crippen molar-refractivity contribution in [2.24, 2.45) is 0 Å². The van der Waals surface area contributed by atoms with Crippen molar-refractivity contribution in [1.29, 1.82) is 5.26 Å². The van der Waals surface area contributed by atoms with Crippen LogP contribution in [0.2, 0.25) is 0 Å². The summed E-state index contributed by atoms with van der Waals surface area (Å²) in [6, 6.07) is 0. The van der Waals surface area contributed by atoms with Gasteiger partial charge in [0.15, 0.2) is 0 Å². The fraction of sp³-hybridized carbons (Fsp3) is 0.417. The van der Waals surface area contributed by atoms with Crippen LogP contribution in [0.25, 0.3) is 0 Å². The molecule has 2 heteroatoms. The Morgan fingerprint density at radius 1 is 1.64 bits per heavy atom. The van der Waals surface area contributed by atoms with Crippen LogP contribution in [0.4, 0.5) is 0 Å². The van der Waals surface area contributed by atoms with Gasteiger partial charge in [-0.3, -0.25) is 0 Å². The highest BCUT2D eigenvalue weighted by Crippen LogP contribution is 2.23. The van der Waals surface area contributed by atoms with Gasteiger partial charge in [-0.05, 0) is 43.5 Å². The molecule has 0 aliphatic heterocycles. The van der Waals surface area contributed by atoms with Crippen LogP contribution in [0, 0.1) is 10.7 Å². The van der Waals surface area contributed by atoms with Crippen molar-refractivity contribution < 1.29 is 0 Å². The lowest BCUT2D eigenvalue weighted by Gasteiger charge is -2.11. The maximum absolute atomic E-state index is 8.61. The first kappa shape index (κ1) is 13.1. The molecule has 76 valence electrons. The Kier molecular flexibility index (Phi) is 8.07. The first-order chi connectivity index (χ1) is 6.76. The topological polar surface area (TPSA) is 23.8 Å². The van der Waals surface area contributed by atoms with E-state index in [1.54, 1.807) is 6.08 Å². The lowest BCUT2D eigenvalue weighted by Crippen LogP contribution is -2.02. The molecule has 0 bridgehead atoms. The van der Waals surface area contributed by atoms with E-state index in [-0.39, 0.29) is 5.25 Å². The summed E-state index contributed by atoms with van der Waals surface area (Å²) in [4.78, 5) is 0. The number of allylic oxidation sites excluding steroid dienone is 3. The molecule has 0 aliphatic carbocycles. The lowest BCUT2D eigenvalue weighted by molar-refractivity contribution is 0.763. The van der Waals surface area contributed by atoms with Gasteiger partial charge < -0.3 is 0 Å². The Balaban J connectivity index is 3.91. The highest BCUT2D eigenvalue weighted by molar-refractivity contribution is 8.04. The molecule has 0 fully saturated rings. The third-order valence-electron chi connectivity index (χ3n) is 1.94. The molecule has 0 aromatic heterocycles. The first-order valence-corrected chi connectivity index (χ1v) is 5.61. The fourth-order valence-electron chi connectivity index (χ4n) is 1.10. The maximum Gasteiger partial charge on any atom is 0.133 e. The minimum Gasteiger partial charge on any atom is -0.185 e. The average molecular weight is 207 g/mol. The predicted molar refractivity (Wildman–Crippen MR) is 65.0 cm³/mol. The summed E-state index contributed by atoms with van der Waals surface area (Å²) in [6.45, 7) is 9.57. The molecule has 1 atom stereocenters. The summed E-state index contributed by atoms with van der Waals surface area (Å²) in [7, 11) is 0. The van der Waals surface area contributed by atoms with Crippen LogP contribution >= 0.6 is 11.8 Å². The molecule has 0 saturated heterocycles. The Hall–Kier alpha value is -0.940. The summed E-state index contributed by atoms with van der Waals surface area (Å²) in [5.41, 5.74) is 0.956. The predicted octanol–water partition coefficient (Wildman–Crippen LogP) is 4.06. The third-order valence-corrected chi connectivity index (χ3v) is 2.87. The second kappa shape index (κ2) is 8.65. The van der Waals surface area contributed by atoms with Crippen LogP contribution in [0.15, 0.2) is 37.0 Å². The lowest BCUT2D eigenvalue weighted by atomic mass is 10.1. The summed E-state index contributed by atoms with van der Waals surface area (Å²) in [5.74, 6) is 0. The van der Waals surface area contributed by atoms with Crippen molar-refractivity contribution >= 4 is 11.8 Å². The van der Waals surface area contributed by atoms with Gasteiger partial charge in [-0.1, -0.05) is 31.4 Å². The number of hydrogen-bond acceptors (Lipinski definition) is 2. The second-order valence-corrected chi connectivity index (χ2v) is 3.96. The number of rotatable bonds is 7. The molecule has 1 unspecified atom stereocenters. The van der Waals surface area contributed by atoms with Gasteiger partial charge in [0.25, 0.3) is 0 Å². The largest absolute Gasteiger partial charge is 0.185 e. The van der Waals surface area contributed by atoms with Gasteiger partial charge in [-0.15, -0.1) is 0 Å². The van der Waals surface area contributed by atoms with Crippen molar-refractivity contribution in [3.63, 3.8) is 0 Å². The Morgan fingerprint density at radius 2 is 2.36 bits per heavy atom. The van der Waals surface area contributed by atoms with Crippen LogP contribution < -0.4 is 0 Å². The minimum atomic E-state index is 0.211. The van der Waals surface area contributed by atoms with Crippen molar-refractivity contribution in [2.45, 2.75) is 31.4 Å². The van der Waals surface area contributed by atoms with E-state index in [0.717, 1.165) is 24.8 Å². The number of unbranched alkanes of at least 4 members (excludes halogenated alkanes) is 1. The van der Waals surface area contributed by atoms with Gasteiger partial charge in [-0.2, -0.15) is 5.26 Å². The van der Waals surface area contributed by atoms with Gasteiger partial charge in [-0.25, -0.2) is 0 Å². The molecule has 14 heavy (non-hydrogen) atoms. The van der Waals surface area contributed by atoms with Crippen molar-refractivity contribution in [2.75, 3.05) is 0 Å². The highest BCUT2D eigenvalue weighted by Gasteiger charge is 2.09. The molecule has 0 aliphatic rings. The minimum absolute atomic E-state index is 0.211. The molecule has 0 rings (SSSR count). The van der Waals surface area contributed by atoms with Gasteiger partial charge in [0.05, 0.1) is 0 Å². The van der Waals surface area contributed by atoms with Gasteiger partial charge >= 0.3 is 0 Å². The number of hydrogen-bond donors (Lipinski definition) is 0. The van der Waals surface area contributed by atoms with Crippen molar-refractivity contribution in [1.82, 2.24) is 0 Å². The van der Waals surface area contributed by atoms with Crippen LogP contribution in [0.3, 0.4) is 0 Å². The summed E-state index contributed by atoms with van der Waals surface area (Å²) in [6.07, 6.45) is 9.09. The van der Waals surface area contributed by atoms with Crippen LogP contribution in [0.5, 0.6) is 0 Å². The molecule has 0 N–H and O–H groups in total. The molecule has 0 saturated carbocycles. The van der Waals surface area contributed by atoms with E-state index in [0.29, 0.717) is 0 Å². The molecular formula is C12H17NS. The molecule has 0 aromatic carbocycles. The molecule has 1 nitrogen and oxygen atoms in total. The Morgan fingerprint density at radius 3 is 2.86 bits per heavy atom. The number of thiocyanates is 1. The normalized spacial score (nSPS) is 12.3. The van der Waals surface area contributed by atoms with Gasteiger partial charge in [0, 0.05) is 5.25 Å². The molecular weight excluding hydrogens is 190 g/mol. The van der Waals surface area contributed by atoms with E-state index >= 15 is 0 Å². The summed E-state index contributed by atoms with van der Waals surface area (Å²) < 4.78 is 0. The molecule has 0 amide bonds. The van der Waals surface area contributed by atoms with Crippen LogP contribution in [-0.4, -0.2) is 5.25 Å². The van der Waals surface area contributed by atoms with E-state index in [2.05, 4.69) is 30.7 Å². The quantitative estimate of drug-likeness (QED) is 0.272. The van der Waals surface area contributed by atoms with Gasteiger partial charge in [0.2, 0.25) is 0 Å². The SMILES string of the molecule is C=CC(=C)C(CCC/C=C\C)SC#N. The monoisotopic (exact) mass is 207 g/mol.